The fraction of sp³-hybridized carbons (Fsp3) is 0.417. The average molecular weight is 220 g/mol. The van der Waals surface area contributed by atoms with Gasteiger partial charge in [-0.3, -0.25) is 4.79 Å². The van der Waals surface area contributed by atoms with Crippen LogP contribution >= 0.6 is 0 Å². The van der Waals surface area contributed by atoms with Crippen molar-refractivity contribution in [2.24, 2.45) is 5.92 Å². The molecule has 1 aromatic carbocycles. The fourth-order valence-electron chi connectivity index (χ4n) is 1.87. The molecule has 0 fully saturated rings. The van der Waals surface area contributed by atoms with Gasteiger partial charge in [0.2, 0.25) is 5.91 Å². The highest BCUT2D eigenvalue weighted by Crippen LogP contribution is 2.31. The summed E-state index contributed by atoms with van der Waals surface area (Å²) >= 11 is 0. The van der Waals surface area contributed by atoms with Gasteiger partial charge in [-0.25, -0.2) is 0 Å². The van der Waals surface area contributed by atoms with Crippen LogP contribution in [0.3, 0.4) is 0 Å². The maximum Gasteiger partial charge on any atom is 0.246 e. The Bertz CT molecular complexity index is 415. The van der Waals surface area contributed by atoms with Crippen LogP contribution in [-0.2, 0) is 4.79 Å². The van der Waals surface area contributed by atoms with E-state index in [2.05, 4.69) is 24.5 Å². The number of phenolic OH excluding ortho intramolecular Hbond substituents is 1. The van der Waals surface area contributed by atoms with E-state index in [-0.39, 0.29) is 17.7 Å². The van der Waals surface area contributed by atoms with Crippen molar-refractivity contribution in [3.8, 4) is 5.75 Å². The van der Waals surface area contributed by atoms with E-state index in [9.17, 15) is 9.90 Å². The van der Waals surface area contributed by atoms with Gasteiger partial charge in [0.1, 0.15) is 11.8 Å². The summed E-state index contributed by atoms with van der Waals surface area (Å²) in [6.45, 7) is 4.15. The van der Waals surface area contributed by atoms with Gasteiger partial charge in [-0.2, -0.15) is 0 Å². The predicted octanol–water partition coefficient (Wildman–Crippen LogP) is 2.17. The lowest BCUT2D eigenvalue weighted by molar-refractivity contribution is -0.117. The van der Waals surface area contributed by atoms with E-state index in [1.165, 1.54) is 0 Å². The lowest BCUT2D eigenvalue weighted by Crippen LogP contribution is -2.39. The third-order valence-electron chi connectivity index (χ3n) is 2.61. The van der Waals surface area contributed by atoms with Crippen LogP contribution in [0.4, 0.5) is 11.4 Å². The molecule has 1 aromatic rings. The quantitative estimate of drug-likeness (QED) is 0.669. The molecule has 1 amide bonds. The number of hydrogen-bond donors (Lipinski definition) is 3. The summed E-state index contributed by atoms with van der Waals surface area (Å²) in [6.07, 6.45) is 0.779. The molecule has 1 atom stereocenters. The van der Waals surface area contributed by atoms with Crippen LogP contribution < -0.4 is 10.6 Å². The zero-order chi connectivity index (χ0) is 11.7. The van der Waals surface area contributed by atoms with Crippen LogP contribution in [0.25, 0.3) is 0 Å². The summed E-state index contributed by atoms with van der Waals surface area (Å²) in [5, 5.41) is 15.3. The van der Waals surface area contributed by atoms with Crippen molar-refractivity contribution in [2.45, 2.75) is 26.3 Å². The molecule has 4 nitrogen and oxygen atoms in total. The summed E-state index contributed by atoms with van der Waals surface area (Å²) < 4.78 is 0. The molecule has 1 heterocycles. The highest BCUT2D eigenvalue weighted by molar-refractivity contribution is 6.03. The van der Waals surface area contributed by atoms with Gasteiger partial charge in [0.25, 0.3) is 0 Å². The first-order valence-electron chi connectivity index (χ1n) is 5.46. The van der Waals surface area contributed by atoms with Crippen molar-refractivity contribution in [3.63, 3.8) is 0 Å². The van der Waals surface area contributed by atoms with Gasteiger partial charge in [0, 0.05) is 6.07 Å². The number of benzene rings is 1. The molecule has 86 valence electrons. The van der Waals surface area contributed by atoms with Crippen molar-refractivity contribution < 1.29 is 9.90 Å². The first-order chi connectivity index (χ1) is 7.56. The topological polar surface area (TPSA) is 61.4 Å². The molecule has 0 aromatic heterocycles. The number of carbonyl (C=O) groups excluding carboxylic acids is 1. The van der Waals surface area contributed by atoms with Crippen LogP contribution in [0.15, 0.2) is 18.2 Å². The molecule has 2 rings (SSSR count). The highest BCUT2D eigenvalue weighted by Gasteiger charge is 2.25. The van der Waals surface area contributed by atoms with E-state index in [1.54, 1.807) is 18.2 Å². The standard InChI is InChI=1S/C12H16N2O2/c1-7(2)5-11-12(16)14-9-4-3-8(15)6-10(9)13-11/h3-4,6-7,11,13,15H,5H2,1-2H3,(H,14,16)/t11-/m1/s1. The zero-order valence-electron chi connectivity index (χ0n) is 9.45. The number of carbonyl (C=O) groups is 1. The highest BCUT2D eigenvalue weighted by atomic mass is 16.3. The maximum absolute atomic E-state index is 11.7. The van der Waals surface area contributed by atoms with E-state index in [0.29, 0.717) is 5.92 Å². The number of phenols is 1. The number of fused-ring (bicyclic) bond motifs is 1. The Morgan fingerprint density at radius 2 is 2.12 bits per heavy atom. The van der Waals surface area contributed by atoms with Crippen LogP contribution in [0.2, 0.25) is 0 Å². The Kier molecular flexibility index (Phi) is 2.73. The monoisotopic (exact) mass is 220 g/mol. The van der Waals surface area contributed by atoms with Crippen LogP contribution in [0.5, 0.6) is 5.75 Å². The van der Waals surface area contributed by atoms with Crippen molar-refractivity contribution in [1.29, 1.82) is 0 Å². The molecule has 16 heavy (non-hydrogen) atoms. The first-order valence-corrected chi connectivity index (χ1v) is 5.46. The summed E-state index contributed by atoms with van der Waals surface area (Å²) in [4.78, 5) is 11.7. The molecule has 3 N–H and O–H groups in total. The van der Waals surface area contributed by atoms with Crippen molar-refractivity contribution in [2.75, 3.05) is 10.6 Å². The molecular weight excluding hydrogens is 204 g/mol. The molecule has 0 aliphatic carbocycles. The Morgan fingerprint density at radius 3 is 2.81 bits per heavy atom. The van der Waals surface area contributed by atoms with Gasteiger partial charge >= 0.3 is 0 Å². The van der Waals surface area contributed by atoms with Crippen LogP contribution in [0.1, 0.15) is 20.3 Å². The van der Waals surface area contributed by atoms with Gasteiger partial charge in [0.15, 0.2) is 0 Å². The number of hydrogen-bond acceptors (Lipinski definition) is 3. The minimum Gasteiger partial charge on any atom is -0.508 e. The van der Waals surface area contributed by atoms with Gasteiger partial charge in [-0.15, -0.1) is 0 Å². The average Bonchev–Trinajstić information content (AvgIpc) is 2.19. The molecule has 1 aliphatic heterocycles. The van der Waals surface area contributed by atoms with E-state index >= 15 is 0 Å². The molecule has 0 saturated carbocycles. The number of aromatic hydroxyl groups is 1. The number of rotatable bonds is 2. The molecule has 4 heteroatoms. The maximum atomic E-state index is 11.7. The second-order valence-electron chi connectivity index (χ2n) is 4.55. The van der Waals surface area contributed by atoms with Gasteiger partial charge in [0.05, 0.1) is 11.4 Å². The number of nitrogens with one attached hydrogen (secondary N) is 2. The second-order valence-corrected chi connectivity index (χ2v) is 4.55. The Balaban J connectivity index is 2.22. The van der Waals surface area contributed by atoms with Gasteiger partial charge < -0.3 is 15.7 Å². The molecule has 0 spiro atoms. The SMILES string of the molecule is CC(C)C[C@H]1Nc2cc(O)ccc2NC1=O. The Labute approximate surface area is 94.7 Å². The van der Waals surface area contributed by atoms with Crippen molar-refractivity contribution >= 4 is 17.3 Å². The Hall–Kier alpha value is -1.71. The molecule has 0 unspecified atom stereocenters. The number of anilines is 2. The third-order valence-corrected chi connectivity index (χ3v) is 2.61. The molecular formula is C12H16N2O2. The van der Waals surface area contributed by atoms with E-state index in [1.807, 2.05) is 0 Å². The van der Waals surface area contributed by atoms with Gasteiger partial charge in [-0.1, -0.05) is 13.8 Å². The fourth-order valence-corrected chi connectivity index (χ4v) is 1.87. The normalized spacial score (nSPS) is 18.9. The zero-order valence-corrected chi connectivity index (χ0v) is 9.45. The minimum atomic E-state index is -0.214. The van der Waals surface area contributed by atoms with E-state index < -0.39 is 0 Å². The lowest BCUT2D eigenvalue weighted by Gasteiger charge is -2.27. The second kappa shape index (κ2) is 4.04. The predicted molar refractivity (Wildman–Crippen MR) is 63.6 cm³/mol. The van der Waals surface area contributed by atoms with E-state index in [4.69, 9.17) is 0 Å². The molecule has 0 bridgehead atoms. The molecule has 1 aliphatic rings. The minimum absolute atomic E-state index is 0.00751. The van der Waals surface area contributed by atoms with Crippen LogP contribution in [0, 0.1) is 5.92 Å². The van der Waals surface area contributed by atoms with Crippen molar-refractivity contribution in [1.82, 2.24) is 0 Å². The van der Waals surface area contributed by atoms with Crippen molar-refractivity contribution in [3.05, 3.63) is 18.2 Å². The first kappa shape index (κ1) is 10.8. The molecule has 0 saturated heterocycles. The lowest BCUT2D eigenvalue weighted by atomic mass is 10.0. The summed E-state index contributed by atoms with van der Waals surface area (Å²) in [5.41, 5.74) is 1.51. The number of amides is 1. The Morgan fingerprint density at radius 1 is 1.38 bits per heavy atom. The summed E-state index contributed by atoms with van der Waals surface area (Å²) in [7, 11) is 0. The van der Waals surface area contributed by atoms with Gasteiger partial charge in [-0.05, 0) is 24.5 Å². The summed E-state index contributed by atoms with van der Waals surface area (Å²) in [6, 6.07) is 4.67. The molecule has 0 radical (unpaired) electrons. The van der Waals surface area contributed by atoms with Crippen LogP contribution in [-0.4, -0.2) is 17.1 Å². The third kappa shape index (κ3) is 2.10. The summed E-state index contributed by atoms with van der Waals surface area (Å²) in [5.74, 6) is 0.639. The smallest absolute Gasteiger partial charge is 0.246 e. The van der Waals surface area contributed by atoms with E-state index in [0.717, 1.165) is 17.8 Å². The largest absolute Gasteiger partial charge is 0.508 e.